The monoisotopic (exact) mass is 540 g/mol. The van der Waals surface area contributed by atoms with Crippen LogP contribution >= 0.6 is 11.3 Å². The molecule has 3 aromatic heterocycles. The lowest BCUT2D eigenvalue weighted by Crippen LogP contribution is -2.49. The number of thiazole rings is 1. The van der Waals surface area contributed by atoms with Crippen molar-refractivity contribution in [3.63, 3.8) is 0 Å². The summed E-state index contributed by atoms with van der Waals surface area (Å²) in [5.74, 6) is -1.35. The number of esters is 1. The van der Waals surface area contributed by atoms with Crippen molar-refractivity contribution in [2.75, 3.05) is 24.6 Å². The zero-order chi connectivity index (χ0) is 27.2. The molecule has 1 N–H and O–H groups in total. The van der Waals surface area contributed by atoms with Crippen molar-refractivity contribution in [3.05, 3.63) is 51.9 Å². The average molecular weight is 541 g/mol. The smallest absolute Gasteiger partial charge is 0.407 e. The fraction of sp³-hybridized carbons (Fsp3) is 0.407. The second kappa shape index (κ2) is 9.86. The summed E-state index contributed by atoms with van der Waals surface area (Å²) < 4.78 is 28.7. The van der Waals surface area contributed by atoms with Gasteiger partial charge in [0.2, 0.25) is 5.43 Å². The average Bonchev–Trinajstić information content (AvgIpc) is 3.22. The Morgan fingerprint density at radius 2 is 2.03 bits per heavy atom. The SMILES string of the molecule is CCOC(=O)c1c(=O)c2cc(F)c(N3CCCC(NC(=O)OC(C)(C)C)C3)nc2n2c1sc1ccccc12. The zero-order valence-electron chi connectivity index (χ0n) is 21.7. The summed E-state index contributed by atoms with van der Waals surface area (Å²) in [7, 11) is 0. The second-order valence-electron chi connectivity index (χ2n) is 10.2. The van der Waals surface area contributed by atoms with Crippen molar-refractivity contribution in [1.29, 1.82) is 0 Å². The number of carbonyl (C=O) groups excluding carboxylic acids is 2. The van der Waals surface area contributed by atoms with Gasteiger partial charge in [0.1, 0.15) is 16.0 Å². The number of halogens is 1. The Hall–Kier alpha value is -3.73. The van der Waals surface area contributed by atoms with Gasteiger partial charge in [-0.1, -0.05) is 12.1 Å². The number of alkyl carbamates (subject to hydrolysis) is 1. The predicted molar refractivity (Wildman–Crippen MR) is 145 cm³/mol. The van der Waals surface area contributed by atoms with E-state index in [2.05, 4.69) is 10.3 Å². The lowest BCUT2D eigenvalue weighted by molar-refractivity contribution is 0.0496. The molecule has 0 spiro atoms. The van der Waals surface area contributed by atoms with Gasteiger partial charge in [-0.15, -0.1) is 11.3 Å². The van der Waals surface area contributed by atoms with Crippen LogP contribution in [0.2, 0.25) is 0 Å². The van der Waals surface area contributed by atoms with Crippen LogP contribution in [0.5, 0.6) is 0 Å². The van der Waals surface area contributed by atoms with Gasteiger partial charge >= 0.3 is 12.1 Å². The third kappa shape index (κ3) is 4.78. The number of nitrogens with one attached hydrogen (secondary N) is 1. The highest BCUT2D eigenvalue weighted by Crippen LogP contribution is 2.33. The normalized spacial score (nSPS) is 16.2. The third-order valence-electron chi connectivity index (χ3n) is 6.27. The summed E-state index contributed by atoms with van der Waals surface area (Å²) in [6, 6.07) is 8.36. The first-order chi connectivity index (χ1) is 18.1. The molecule has 1 saturated heterocycles. The van der Waals surface area contributed by atoms with Crippen LogP contribution in [0, 0.1) is 5.82 Å². The molecule has 1 fully saturated rings. The van der Waals surface area contributed by atoms with Crippen LogP contribution in [0.1, 0.15) is 50.9 Å². The van der Waals surface area contributed by atoms with E-state index in [0.717, 1.165) is 16.3 Å². The minimum atomic E-state index is -0.750. The molecule has 0 bridgehead atoms. The molecule has 1 aliphatic rings. The number of fused-ring (bicyclic) bond motifs is 5. The van der Waals surface area contributed by atoms with E-state index >= 15 is 4.39 Å². The molecule has 200 valence electrons. The highest BCUT2D eigenvalue weighted by atomic mass is 32.1. The number of aromatic nitrogens is 2. The molecule has 1 aromatic carbocycles. The Morgan fingerprint density at radius 1 is 1.26 bits per heavy atom. The molecule has 5 rings (SSSR count). The van der Waals surface area contributed by atoms with E-state index in [1.54, 1.807) is 37.0 Å². The largest absolute Gasteiger partial charge is 0.462 e. The number of nitrogens with zero attached hydrogens (tertiary/aromatic N) is 3. The van der Waals surface area contributed by atoms with Gasteiger partial charge in [0.25, 0.3) is 0 Å². The molecular weight excluding hydrogens is 511 g/mol. The van der Waals surface area contributed by atoms with Crippen LogP contribution in [-0.2, 0) is 9.47 Å². The fourth-order valence-electron chi connectivity index (χ4n) is 4.77. The standard InChI is InChI=1S/C27H29FN4O5S/c1-5-36-25(34)20-21(33)16-13-17(28)23(30-22(16)32-18-10-6-7-11-19(18)38-24(20)32)31-12-8-9-15(14-31)29-26(35)37-27(2,3)4/h6-7,10-11,13,15H,5,8-9,12,14H2,1-4H3,(H,29,35). The highest BCUT2D eigenvalue weighted by molar-refractivity contribution is 7.24. The summed E-state index contributed by atoms with van der Waals surface area (Å²) in [4.78, 5) is 45.4. The minimum Gasteiger partial charge on any atom is -0.462 e. The third-order valence-corrected chi connectivity index (χ3v) is 7.42. The molecule has 1 amide bonds. The molecule has 11 heteroatoms. The van der Waals surface area contributed by atoms with Gasteiger partial charge < -0.3 is 19.7 Å². The van der Waals surface area contributed by atoms with Crippen molar-refractivity contribution in [2.24, 2.45) is 0 Å². The number of carbonyl (C=O) groups is 2. The molecule has 0 aliphatic carbocycles. The van der Waals surface area contributed by atoms with Crippen LogP contribution in [0.25, 0.3) is 26.1 Å². The number of piperidine rings is 1. The van der Waals surface area contributed by atoms with Crippen molar-refractivity contribution >= 4 is 55.3 Å². The van der Waals surface area contributed by atoms with E-state index in [4.69, 9.17) is 9.47 Å². The first-order valence-corrected chi connectivity index (χ1v) is 13.4. The molecule has 4 aromatic rings. The molecule has 0 radical (unpaired) electrons. The number of hydrogen-bond donors (Lipinski definition) is 1. The van der Waals surface area contributed by atoms with Crippen LogP contribution in [-0.4, -0.2) is 52.8 Å². The van der Waals surface area contributed by atoms with Crippen LogP contribution in [0.3, 0.4) is 0 Å². The van der Waals surface area contributed by atoms with Gasteiger partial charge in [0.15, 0.2) is 17.3 Å². The first-order valence-electron chi connectivity index (χ1n) is 12.6. The fourth-order valence-corrected chi connectivity index (χ4v) is 5.94. The van der Waals surface area contributed by atoms with Gasteiger partial charge in [0.05, 0.1) is 22.2 Å². The molecule has 9 nitrogen and oxygen atoms in total. The summed E-state index contributed by atoms with van der Waals surface area (Å²) in [5, 5.41) is 2.86. The summed E-state index contributed by atoms with van der Waals surface area (Å²) >= 11 is 1.28. The number of ether oxygens (including phenoxy) is 2. The number of hydrogen-bond acceptors (Lipinski definition) is 8. The van der Waals surface area contributed by atoms with Crippen molar-refractivity contribution in [2.45, 2.75) is 52.2 Å². The number of amides is 1. The van der Waals surface area contributed by atoms with Gasteiger partial charge in [-0.3, -0.25) is 9.20 Å². The van der Waals surface area contributed by atoms with E-state index in [-0.39, 0.29) is 35.1 Å². The number of rotatable bonds is 4. The first kappa shape index (κ1) is 25.9. The quantitative estimate of drug-likeness (QED) is 0.369. The number of para-hydroxylation sites is 1. The number of pyridine rings is 2. The Bertz CT molecular complexity index is 1620. The molecule has 4 heterocycles. The topological polar surface area (TPSA) is 102 Å². The Labute approximate surface area is 222 Å². The van der Waals surface area contributed by atoms with Gasteiger partial charge in [-0.25, -0.2) is 19.0 Å². The van der Waals surface area contributed by atoms with Crippen molar-refractivity contribution < 1.29 is 23.5 Å². The van der Waals surface area contributed by atoms with E-state index in [0.29, 0.717) is 30.8 Å². The highest BCUT2D eigenvalue weighted by Gasteiger charge is 2.29. The van der Waals surface area contributed by atoms with E-state index < -0.39 is 28.9 Å². The number of anilines is 1. The maximum Gasteiger partial charge on any atom is 0.407 e. The summed E-state index contributed by atoms with van der Waals surface area (Å²) in [6.07, 6.45) is 0.894. The molecule has 38 heavy (non-hydrogen) atoms. The van der Waals surface area contributed by atoms with E-state index in [1.807, 2.05) is 24.3 Å². The molecule has 1 aliphatic heterocycles. The van der Waals surface area contributed by atoms with Crippen molar-refractivity contribution in [3.8, 4) is 0 Å². The molecule has 1 unspecified atom stereocenters. The Balaban J connectivity index is 1.62. The molecule has 0 saturated carbocycles. The van der Waals surface area contributed by atoms with Gasteiger partial charge in [-0.2, -0.15) is 0 Å². The Kier molecular flexibility index (Phi) is 6.72. The summed E-state index contributed by atoms with van der Waals surface area (Å²) in [5.41, 5.74) is -0.375. The lowest BCUT2D eigenvalue weighted by atomic mass is 10.1. The van der Waals surface area contributed by atoms with Crippen LogP contribution in [0.4, 0.5) is 15.0 Å². The molecule has 1 atom stereocenters. The minimum absolute atomic E-state index is 0.00389. The Morgan fingerprint density at radius 3 is 2.76 bits per heavy atom. The van der Waals surface area contributed by atoms with Crippen LogP contribution in [0.15, 0.2) is 35.1 Å². The lowest BCUT2D eigenvalue weighted by Gasteiger charge is -2.34. The number of benzene rings is 1. The maximum atomic E-state index is 15.5. The zero-order valence-corrected chi connectivity index (χ0v) is 22.5. The predicted octanol–water partition coefficient (Wildman–Crippen LogP) is 4.87. The van der Waals surface area contributed by atoms with Gasteiger partial charge in [0, 0.05) is 19.1 Å². The molecular formula is C27H29FN4O5S. The second-order valence-corrected chi connectivity index (χ2v) is 11.3. The maximum absolute atomic E-state index is 15.5. The van der Waals surface area contributed by atoms with Gasteiger partial charge in [-0.05, 0) is 58.7 Å². The summed E-state index contributed by atoms with van der Waals surface area (Å²) in [6.45, 7) is 8.00. The van der Waals surface area contributed by atoms with Crippen LogP contribution < -0.4 is 15.6 Å². The van der Waals surface area contributed by atoms with E-state index in [9.17, 15) is 14.4 Å². The van der Waals surface area contributed by atoms with E-state index in [1.165, 1.54) is 11.3 Å². The van der Waals surface area contributed by atoms with Crippen molar-refractivity contribution in [1.82, 2.24) is 14.7 Å².